The zero-order valence-corrected chi connectivity index (χ0v) is 16.4. The number of aryl methyl sites for hydroxylation is 1. The fourth-order valence-corrected chi connectivity index (χ4v) is 3.53. The van der Waals surface area contributed by atoms with Gasteiger partial charge in [0.05, 0.1) is 24.1 Å². The Hall–Kier alpha value is -2.49. The van der Waals surface area contributed by atoms with Gasteiger partial charge in [-0.15, -0.1) is 10.2 Å². The summed E-state index contributed by atoms with van der Waals surface area (Å²) < 4.78 is 15.4. The number of anilines is 1. The van der Waals surface area contributed by atoms with E-state index >= 15 is 0 Å². The lowest BCUT2D eigenvalue weighted by Gasteiger charge is -2.10. The van der Waals surface area contributed by atoms with Crippen molar-refractivity contribution in [3.05, 3.63) is 43.7 Å². The number of nitrogens with one attached hydrogen (secondary N) is 1. The maximum absolute atomic E-state index is 12.4. The molecule has 2 aromatic heterocycles. The third-order valence-corrected chi connectivity index (χ3v) is 4.99. The molecule has 3 rings (SSSR count). The number of hydrogen-bond acceptors (Lipinski definition) is 8. The van der Waals surface area contributed by atoms with Gasteiger partial charge in [-0.05, 0) is 18.6 Å². The Labute approximate surface area is 163 Å². The summed E-state index contributed by atoms with van der Waals surface area (Å²) in [5.74, 6) is 0.00446. The number of methoxy groups -OCH3 is 2. The van der Waals surface area contributed by atoms with Gasteiger partial charge in [0.15, 0.2) is 0 Å². The fraction of sp³-hybridized carbons (Fsp3) is 0.294. The summed E-state index contributed by atoms with van der Waals surface area (Å²) in [7, 11) is 3.02. The highest BCUT2D eigenvalue weighted by Crippen LogP contribution is 2.31. The van der Waals surface area contributed by atoms with Crippen LogP contribution in [0.1, 0.15) is 16.1 Å². The van der Waals surface area contributed by atoms with Crippen LogP contribution in [0.2, 0.25) is 5.02 Å². The molecule has 27 heavy (non-hydrogen) atoms. The molecule has 142 valence electrons. The molecule has 8 nitrogen and oxygen atoms in total. The SMILES string of the molecule is COCc1nnc(NC(=O)Cc2c(C)c3cc(Cl)c(OC)cc3oc2=O)s1. The first-order valence-electron chi connectivity index (χ1n) is 7.84. The summed E-state index contributed by atoms with van der Waals surface area (Å²) >= 11 is 7.36. The molecule has 3 aromatic rings. The number of benzene rings is 1. The Morgan fingerprint density at radius 3 is 2.81 bits per heavy atom. The highest BCUT2D eigenvalue weighted by molar-refractivity contribution is 7.15. The maximum Gasteiger partial charge on any atom is 0.340 e. The second kappa shape index (κ2) is 8.03. The van der Waals surface area contributed by atoms with E-state index in [0.717, 1.165) is 0 Å². The van der Waals surface area contributed by atoms with Crippen LogP contribution in [0.5, 0.6) is 5.75 Å². The predicted octanol–water partition coefficient (Wildman–Crippen LogP) is 2.94. The van der Waals surface area contributed by atoms with Crippen LogP contribution in [0.3, 0.4) is 0 Å². The first kappa shape index (κ1) is 19.3. The van der Waals surface area contributed by atoms with E-state index in [1.807, 2.05) is 0 Å². The van der Waals surface area contributed by atoms with Crippen molar-refractivity contribution in [2.75, 3.05) is 19.5 Å². The van der Waals surface area contributed by atoms with Gasteiger partial charge < -0.3 is 19.2 Å². The minimum absolute atomic E-state index is 0.160. The first-order chi connectivity index (χ1) is 12.9. The molecule has 10 heteroatoms. The quantitative estimate of drug-likeness (QED) is 0.624. The van der Waals surface area contributed by atoms with Crippen molar-refractivity contribution < 1.29 is 18.7 Å². The molecule has 0 aliphatic rings. The Kier molecular flexibility index (Phi) is 5.73. The van der Waals surface area contributed by atoms with Crippen LogP contribution < -0.4 is 15.7 Å². The van der Waals surface area contributed by atoms with Gasteiger partial charge >= 0.3 is 5.63 Å². The molecule has 1 amide bonds. The molecular formula is C17H16ClN3O5S. The first-order valence-corrected chi connectivity index (χ1v) is 9.03. The van der Waals surface area contributed by atoms with Crippen molar-refractivity contribution in [2.24, 2.45) is 0 Å². The average molecular weight is 410 g/mol. The van der Waals surface area contributed by atoms with Crippen LogP contribution in [0.25, 0.3) is 11.0 Å². The molecule has 0 saturated carbocycles. The summed E-state index contributed by atoms with van der Waals surface area (Å²) in [6, 6.07) is 3.20. The fourth-order valence-electron chi connectivity index (χ4n) is 2.56. The van der Waals surface area contributed by atoms with Gasteiger partial charge in [-0.1, -0.05) is 22.9 Å². The minimum Gasteiger partial charge on any atom is -0.495 e. The third kappa shape index (κ3) is 4.10. The number of amides is 1. The lowest BCUT2D eigenvalue weighted by molar-refractivity contribution is -0.115. The normalized spacial score (nSPS) is 11.0. The van der Waals surface area contributed by atoms with E-state index in [-0.39, 0.29) is 12.0 Å². The Morgan fingerprint density at radius 1 is 1.33 bits per heavy atom. The standard InChI is InChI=1S/C17H16ClN3O5S/c1-8-9-4-11(18)13(25-3)6-12(9)26-16(23)10(8)5-14(22)19-17-21-20-15(27-17)7-24-2/h4,6H,5,7H2,1-3H3,(H,19,21,22). The molecular weight excluding hydrogens is 394 g/mol. The minimum atomic E-state index is -0.586. The van der Waals surface area contributed by atoms with Crippen molar-refractivity contribution >= 4 is 44.9 Å². The number of hydrogen-bond donors (Lipinski definition) is 1. The van der Waals surface area contributed by atoms with Crippen LogP contribution in [-0.4, -0.2) is 30.3 Å². The van der Waals surface area contributed by atoms with Crippen molar-refractivity contribution in [1.29, 1.82) is 0 Å². The van der Waals surface area contributed by atoms with Gasteiger partial charge in [-0.25, -0.2) is 4.79 Å². The highest BCUT2D eigenvalue weighted by Gasteiger charge is 2.18. The van der Waals surface area contributed by atoms with E-state index in [1.54, 1.807) is 26.2 Å². The number of rotatable bonds is 6. The van der Waals surface area contributed by atoms with Crippen LogP contribution in [-0.2, 0) is 22.6 Å². The van der Waals surface area contributed by atoms with Crippen LogP contribution in [0.15, 0.2) is 21.3 Å². The molecule has 0 unspecified atom stereocenters. The highest BCUT2D eigenvalue weighted by atomic mass is 35.5. The van der Waals surface area contributed by atoms with Crippen LogP contribution in [0.4, 0.5) is 5.13 Å². The Balaban J connectivity index is 1.87. The van der Waals surface area contributed by atoms with Crippen molar-refractivity contribution in [3.8, 4) is 5.75 Å². The lowest BCUT2D eigenvalue weighted by Crippen LogP contribution is -2.20. The summed E-state index contributed by atoms with van der Waals surface area (Å²) in [4.78, 5) is 24.7. The molecule has 0 aliphatic heterocycles. The molecule has 0 atom stereocenters. The van der Waals surface area contributed by atoms with E-state index in [2.05, 4.69) is 15.5 Å². The number of carbonyl (C=O) groups is 1. The summed E-state index contributed by atoms with van der Waals surface area (Å²) in [5, 5.41) is 12.4. The predicted molar refractivity (Wildman–Crippen MR) is 102 cm³/mol. The molecule has 0 spiro atoms. The van der Waals surface area contributed by atoms with Gasteiger partial charge in [0, 0.05) is 18.6 Å². The molecule has 0 saturated heterocycles. The summed E-state index contributed by atoms with van der Waals surface area (Å²) in [6.07, 6.45) is -0.160. The van der Waals surface area contributed by atoms with E-state index in [1.165, 1.54) is 18.4 Å². The number of ether oxygens (including phenoxy) is 2. The van der Waals surface area contributed by atoms with E-state index in [9.17, 15) is 9.59 Å². The molecule has 0 bridgehead atoms. The molecule has 1 N–H and O–H groups in total. The Bertz CT molecular complexity index is 1060. The smallest absolute Gasteiger partial charge is 0.340 e. The van der Waals surface area contributed by atoms with Crippen LogP contribution in [0, 0.1) is 6.92 Å². The topological polar surface area (TPSA) is 104 Å². The Morgan fingerprint density at radius 2 is 2.11 bits per heavy atom. The maximum atomic E-state index is 12.4. The molecule has 0 aliphatic carbocycles. The second-order valence-electron chi connectivity index (χ2n) is 5.63. The van der Waals surface area contributed by atoms with Crippen molar-refractivity contribution in [3.63, 3.8) is 0 Å². The lowest BCUT2D eigenvalue weighted by atomic mass is 10.0. The van der Waals surface area contributed by atoms with Crippen molar-refractivity contribution in [2.45, 2.75) is 20.0 Å². The van der Waals surface area contributed by atoms with E-state index in [0.29, 0.717) is 44.1 Å². The molecule has 1 aromatic carbocycles. The van der Waals surface area contributed by atoms with E-state index < -0.39 is 11.5 Å². The monoisotopic (exact) mass is 409 g/mol. The van der Waals surface area contributed by atoms with E-state index in [4.69, 9.17) is 25.5 Å². The molecule has 2 heterocycles. The summed E-state index contributed by atoms with van der Waals surface area (Å²) in [6.45, 7) is 2.05. The number of nitrogens with zero attached hydrogens (tertiary/aromatic N) is 2. The second-order valence-corrected chi connectivity index (χ2v) is 7.10. The van der Waals surface area contributed by atoms with Gasteiger partial charge in [0.1, 0.15) is 22.9 Å². The van der Waals surface area contributed by atoms with Gasteiger partial charge in [0.25, 0.3) is 0 Å². The largest absolute Gasteiger partial charge is 0.495 e. The van der Waals surface area contributed by atoms with Crippen molar-refractivity contribution in [1.82, 2.24) is 10.2 Å². The van der Waals surface area contributed by atoms with Crippen LogP contribution >= 0.6 is 22.9 Å². The van der Waals surface area contributed by atoms with Gasteiger partial charge in [-0.3, -0.25) is 4.79 Å². The number of halogens is 1. The number of carbonyl (C=O) groups excluding carboxylic acids is 1. The zero-order chi connectivity index (χ0) is 19.6. The average Bonchev–Trinajstić information content (AvgIpc) is 3.06. The van der Waals surface area contributed by atoms with Gasteiger partial charge in [-0.2, -0.15) is 0 Å². The zero-order valence-electron chi connectivity index (χ0n) is 14.8. The van der Waals surface area contributed by atoms with Gasteiger partial charge in [0.2, 0.25) is 11.0 Å². The molecule has 0 fully saturated rings. The molecule has 0 radical (unpaired) electrons. The third-order valence-electron chi connectivity index (χ3n) is 3.88. The number of fused-ring (bicyclic) bond motifs is 1. The number of aromatic nitrogens is 2. The summed E-state index contributed by atoms with van der Waals surface area (Å²) in [5.41, 5.74) is 0.634.